The fourth-order valence-electron chi connectivity index (χ4n) is 4.18. The van der Waals surface area contributed by atoms with E-state index in [4.69, 9.17) is 0 Å². The first-order chi connectivity index (χ1) is 16.7. The molecule has 3 rings (SSSR count). The Balaban J connectivity index is 1.91. The first-order valence-corrected chi connectivity index (χ1v) is 11.9. The molecule has 1 N–H and O–H groups in total. The van der Waals surface area contributed by atoms with Crippen molar-refractivity contribution in [1.29, 1.82) is 0 Å². The molecule has 0 radical (unpaired) electrons. The van der Waals surface area contributed by atoms with Crippen molar-refractivity contribution < 1.29 is 19.2 Å². The third kappa shape index (κ3) is 6.23. The zero-order chi connectivity index (χ0) is 25.5. The summed E-state index contributed by atoms with van der Waals surface area (Å²) in [5, 5.41) is 2.74. The van der Waals surface area contributed by atoms with Gasteiger partial charge in [0, 0.05) is 12.1 Å². The third-order valence-electron chi connectivity index (χ3n) is 5.93. The molecule has 0 aromatic heterocycles. The number of aldehydes is 1. The summed E-state index contributed by atoms with van der Waals surface area (Å²) in [6.07, 6.45) is 2.74. The molecule has 1 aliphatic heterocycles. The van der Waals surface area contributed by atoms with Crippen LogP contribution < -0.4 is 5.32 Å². The smallest absolute Gasteiger partial charge is 0.250 e. The molecule has 1 heterocycles. The van der Waals surface area contributed by atoms with Gasteiger partial charge in [0.15, 0.2) is 0 Å². The van der Waals surface area contributed by atoms with Gasteiger partial charge in [0.05, 0.1) is 11.7 Å². The van der Waals surface area contributed by atoms with Crippen LogP contribution in [0.4, 0.5) is 0 Å². The van der Waals surface area contributed by atoms with E-state index in [-0.39, 0.29) is 30.2 Å². The SMILES string of the molecule is CC(C)C(=O)N1C=C(c2ccccc2)N(CC(=O)N[C@H](C=O)Cc2ccccc2)C(=O)[C@@H]1C(C)C. The van der Waals surface area contributed by atoms with Crippen molar-refractivity contribution >= 4 is 29.7 Å². The van der Waals surface area contributed by atoms with Gasteiger partial charge in [-0.25, -0.2) is 0 Å². The summed E-state index contributed by atoms with van der Waals surface area (Å²) in [7, 11) is 0. The predicted molar refractivity (Wildman–Crippen MR) is 135 cm³/mol. The van der Waals surface area contributed by atoms with Crippen molar-refractivity contribution in [1.82, 2.24) is 15.1 Å². The van der Waals surface area contributed by atoms with Crippen molar-refractivity contribution in [3.05, 3.63) is 78.0 Å². The Bertz CT molecular complexity index is 1080. The summed E-state index contributed by atoms with van der Waals surface area (Å²) in [5.41, 5.74) is 2.11. The highest BCUT2D eigenvalue weighted by Crippen LogP contribution is 2.30. The van der Waals surface area contributed by atoms with E-state index in [2.05, 4.69) is 5.32 Å². The van der Waals surface area contributed by atoms with Crippen molar-refractivity contribution in [2.24, 2.45) is 11.8 Å². The average Bonchev–Trinajstić information content (AvgIpc) is 2.84. The molecule has 2 atom stereocenters. The summed E-state index contributed by atoms with van der Waals surface area (Å²) < 4.78 is 0. The van der Waals surface area contributed by atoms with E-state index in [0.29, 0.717) is 24.0 Å². The van der Waals surface area contributed by atoms with Gasteiger partial charge in [-0.1, -0.05) is 88.4 Å². The van der Waals surface area contributed by atoms with E-state index in [1.807, 2.05) is 74.5 Å². The van der Waals surface area contributed by atoms with Gasteiger partial charge in [-0.2, -0.15) is 0 Å². The van der Waals surface area contributed by atoms with E-state index < -0.39 is 18.0 Å². The van der Waals surface area contributed by atoms with Crippen LogP contribution in [0.15, 0.2) is 66.9 Å². The minimum absolute atomic E-state index is 0.154. The topological polar surface area (TPSA) is 86.8 Å². The minimum Gasteiger partial charge on any atom is -0.345 e. The average molecular weight is 476 g/mol. The molecule has 7 heteroatoms. The highest BCUT2D eigenvalue weighted by atomic mass is 16.2. The van der Waals surface area contributed by atoms with Crippen LogP contribution in [0, 0.1) is 11.8 Å². The molecule has 184 valence electrons. The Kier molecular flexibility index (Phi) is 8.58. The van der Waals surface area contributed by atoms with Crippen LogP contribution in [-0.2, 0) is 25.6 Å². The molecule has 3 amide bonds. The molecule has 0 aliphatic carbocycles. The molecule has 0 saturated heterocycles. The lowest BCUT2D eigenvalue weighted by atomic mass is 9.95. The molecule has 0 spiro atoms. The van der Waals surface area contributed by atoms with Crippen LogP contribution in [0.3, 0.4) is 0 Å². The number of nitrogens with one attached hydrogen (secondary N) is 1. The van der Waals surface area contributed by atoms with Crippen LogP contribution in [0.1, 0.15) is 38.8 Å². The normalized spacial score (nSPS) is 16.8. The standard InChI is InChI=1S/C28H33N3O4/c1-19(2)26-28(35)30(17-25(33)29-23(18-32)15-21-11-7-5-8-12-21)24(22-13-9-6-10-14-22)16-31(26)27(34)20(3)4/h5-14,16,18-20,23,26H,15,17H2,1-4H3,(H,29,33)/t23-,26-/m0/s1. The molecular formula is C28H33N3O4. The number of hydrogen-bond acceptors (Lipinski definition) is 4. The van der Waals surface area contributed by atoms with Gasteiger partial charge in [-0.05, 0) is 23.5 Å². The molecule has 2 aromatic rings. The van der Waals surface area contributed by atoms with Gasteiger partial charge >= 0.3 is 0 Å². The van der Waals surface area contributed by atoms with Gasteiger partial charge < -0.3 is 15.0 Å². The Morgan fingerprint density at radius 2 is 1.57 bits per heavy atom. The first-order valence-electron chi connectivity index (χ1n) is 11.9. The lowest BCUT2D eigenvalue weighted by Gasteiger charge is -2.41. The zero-order valence-electron chi connectivity index (χ0n) is 20.7. The number of nitrogens with zero attached hydrogens (tertiary/aromatic N) is 2. The number of hydrogen-bond donors (Lipinski definition) is 1. The highest BCUT2D eigenvalue weighted by molar-refractivity contribution is 6.00. The van der Waals surface area contributed by atoms with Crippen molar-refractivity contribution in [3.63, 3.8) is 0 Å². The number of amides is 3. The van der Waals surface area contributed by atoms with E-state index in [9.17, 15) is 19.2 Å². The van der Waals surface area contributed by atoms with Crippen LogP contribution in [-0.4, -0.2) is 52.4 Å². The third-order valence-corrected chi connectivity index (χ3v) is 5.93. The second kappa shape index (κ2) is 11.6. The highest BCUT2D eigenvalue weighted by Gasteiger charge is 2.41. The molecular weight excluding hydrogens is 442 g/mol. The predicted octanol–water partition coefficient (Wildman–Crippen LogP) is 3.26. The lowest BCUT2D eigenvalue weighted by Crippen LogP contribution is -2.57. The van der Waals surface area contributed by atoms with E-state index in [1.165, 1.54) is 9.80 Å². The first kappa shape index (κ1) is 25.9. The summed E-state index contributed by atoms with van der Waals surface area (Å²) in [5.74, 6) is -1.38. The van der Waals surface area contributed by atoms with Crippen LogP contribution >= 0.6 is 0 Å². The Morgan fingerprint density at radius 3 is 2.11 bits per heavy atom. The fraction of sp³-hybridized carbons (Fsp3) is 0.357. The van der Waals surface area contributed by atoms with Gasteiger partial charge in [0.2, 0.25) is 11.8 Å². The van der Waals surface area contributed by atoms with E-state index >= 15 is 0 Å². The van der Waals surface area contributed by atoms with Gasteiger partial charge in [0.25, 0.3) is 5.91 Å². The maximum absolute atomic E-state index is 13.7. The van der Waals surface area contributed by atoms with Crippen molar-refractivity contribution in [2.45, 2.75) is 46.2 Å². The summed E-state index contributed by atoms with van der Waals surface area (Å²) >= 11 is 0. The van der Waals surface area contributed by atoms with Gasteiger partial charge in [-0.15, -0.1) is 0 Å². The molecule has 7 nitrogen and oxygen atoms in total. The molecule has 1 aliphatic rings. The fourth-order valence-corrected chi connectivity index (χ4v) is 4.18. The Hall–Kier alpha value is -3.74. The Labute approximate surface area is 206 Å². The largest absolute Gasteiger partial charge is 0.345 e. The number of carbonyl (C=O) groups is 4. The van der Waals surface area contributed by atoms with E-state index in [0.717, 1.165) is 5.56 Å². The molecule has 0 saturated carbocycles. The molecule has 0 unspecified atom stereocenters. The number of benzene rings is 2. The summed E-state index contributed by atoms with van der Waals surface area (Å²) in [4.78, 5) is 54.3. The summed E-state index contributed by atoms with van der Waals surface area (Å²) in [6.45, 7) is 7.10. The van der Waals surface area contributed by atoms with Gasteiger partial charge in [-0.3, -0.25) is 19.3 Å². The van der Waals surface area contributed by atoms with Crippen molar-refractivity contribution in [3.8, 4) is 0 Å². The Morgan fingerprint density at radius 1 is 0.971 bits per heavy atom. The lowest BCUT2D eigenvalue weighted by molar-refractivity contribution is -0.147. The molecule has 35 heavy (non-hydrogen) atoms. The molecule has 0 fully saturated rings. The maximum Gasteiger partial charge on any atom is 0.250 e. The number of rotatable bonds is 9. The van der Waals surface area contributed by atoms with Crippen LogP contribution in [0.5, 0.6) is 0 Å². The van der Waals surface area contributed by atoms with E-state index in [1.54, 1.807) is 20.0 Å². The van der Waals surface area contributed by atoms with Crippen LogP contribution in [0.2, 0.25) is 0 Å². The monoisotopic (exact) mass is 475 g/mol. The minimum atomic E-state index is -0.726. The van der Waals surface area contributed by atoms with Gasteiger partial charge in [0.1, 0.15) is 18.9 Å². The summed E-state index contributed by atoms with van der Waals surface area (Å²) in [6, 6.07) is 17.2. The molecule has 2 aromatic carbocycles. The quantitative estimate of drug-likeness (QED) is 0.564. The second-order valence-electron chi connectivity index (χ2n) is 9.39. The van der Waals surface area contributed by atoms with Crippen LogP contribution in [0.25, 0.3) is 5.70 Å². The zero-order valence-corrected chi connectivity index (χ0v) is 20.7. The second-order valence-corrected chi connectivity index (χ2v) is 9.39. The number of carbonyl (C=O) groups excluding carboxylic acids is 4. The molecule has 0 bridgehead atoms. The maximum atomic E-state index is 13.7. The van der Waals surface area contributed by atoms with Crippen molar-refractivity contribution in [2.75, 3.05) is 6.54 Å².